The third-order valence-electron chi connectivity index (χ3n) is 2.82. The topological polar surface area (TPSA) is 61.3 Å². The molecule has 0 unspecified atom stereocenters. The third kappa shape index (κ3) is 1.85. The first-order chi connectivity index (χ1) is 8.06. The van der Waals surface area contributed by atoms with E-state index < -0.39 is 0 Å². The molecule has 0 aliphatic heterocycles. The van der Waals surface area contributed by atoms with Crippen molar-refractivity contribution in [1.29, 1.82) is 0 Å². The molecule has 5 heteroatoms. The standard InChI is InChI=1S/C12H13ClN2O2/c1-6-4-8(9-5-15-17-12(9)14)11(16-3)10(13)7(6)2/h4-5H,14H2,1-3H3. The number of benzene rings is 1. The molecule has 0 aliphatic rings. The molecule has 2 aromatic rings. The van der Waals surface area contributed by atoms with Crippen molar-refractivity contribution in [3.63, 3.8) is 0 Å². The van der Waals surface area contributed by atoms with Gasteiger partial charge >= 0.3 is 0 Å². The van der Waals surface area contributed by atoms with E-state index in [4.69, 9.17) is 26.6 Å². The van der Waals surface area contributed by atoms with Crippen LogP contribution in [0.25, 0.3) is 11.1 Å². The van der Waals surface area contributed by atoms with Gasteiger partial charge in [-0.1, -0.05) is 16.8 Å². The van der Waals surface area contributed by atoms with Gasteiger partial charge in [0, 0.05) is 5.56 Å². The summed E-state index contributed by atoms with van der Waals surface area (Å²) >= 11 is 6.26. The lowest BCUT2D eigenvalue weighted by Crippen LogP contribution is -1.95. The van der Waals surface area contributed by atoms with Crippen molar-refractivity contribution < 1.29 is 9.26 Å². The van der Waals surface area contributed by atoms with Gasteiger partial charge in [0.25, 0.3) is 0 Å². The second-order valence-electron chi connectivity index (χ2n) is 3.82. The van der Waals surface area contributed by atoms with Crippen LogP contribution < -0.4 is 10.5 Å². The zero-order valence-electron chi connectivity index (χ0n) is 9.87. The molecule has 2 N–H and O–H groups in total. The SMILES string of the molecule is COc1c(-c2cnoc2N)cc(C)c(C)c1Cl. The summed E-state index contributed by atoms with van der Waals surface area (Å²) in [5, 5.41) is 4.24. The first kappa shape index (κ1) is 11.8. The van der Waals surface area contributed by atoms with Gasteiger partial charge in [-0.15, -0.1) is 0 Å². The van der Waals surface area contributed by atoms with Crippen molar-refractivity contribution in [3.8, 4) is 16.9 Å². The molecule has 2 rings (SSSR count). The van der Waals surface area contributed by atoms with Crippen LogP contribution in [0, 0.1) is 13.8 Å². The number of ether oxygens (including phenoxy) is 1. The predicted molar refractivity (Wildman–Crippen MR) is 67.4 cm³/mol. The summed E-state index contributed by atoms with van der Waals surface area (Å²) < 4.78 is 10.2. The molecule has 0 amide bonds. The van der Waals surface area contributed by atoms with E-state index in [1.54, 1.807) is 13.3 Å². The maximum absolute atomic E-state index is 6.26. The molecule has 0 saturated carbocycles. The van der Waals surface area contributed by atoms with E-state index in [0.717, 1.165) is 16.7 Å². The number of aromatic nitrogens is 1. The van der Waals surface area contributed by atoms with Gasteiger partial charge in [0.2, 0.25) is 5.88 Å². The van der Waals surface area contributed by atoms with Crippen molar-refractivity contribution >= 4 is 17.5 Å². The zero-order valence-corrected chi connectivity index (χ0v) is 10.6. The van der Waals surface area contributed by atoms with Crippen LogP contribution in [0.3, 0.4) is 0 Å². The number of nitrogen functional groups attached to an aromatic ring is 1. The average molecular weight is 253 g/mol. The van der Waals surface area contributed by atoms with E-state index in [2.05, 4.69) is 5.16 Å². The van der Waals surface area contributed by atoms with Gasteiger partial charge in [-0.05, 0) is 31.0 Å². The molecule has 90 valence electrons. The van der Waals surface area contributed by atoms with Crippen LogP contribution in [0.15, 0.2) is 16.8 Å². The van der Waals surface area contributed by atoms with Crippen molar-refractivity contribution in [2.75, 3.05) is 12.8 Å². The molecule has 0 atom stereocenters. The minimum absolute atomic E-state index is 0.252. The molecule has 17 heavy (non-hydrogen) atoms. The van der Waals surface area contributed by atoms with Crippen LogP contribution in [0.2, 0.25) is 5.02 Å². The van der Waals surface area contributed by atoms with Gasteiger partial charge in [-0.2, -0.15) is 0 Å². The average Bonchev–Trinajstić information content (AvgIpc) is 2.72. The highest BCUT2D eigenvalue weighted by molar-refractivity contribution is 6.33. The molecule has 0 radical (unpaired) electrons. The minimum atomic E-state index is 0.252. The van der Waals surface area contributed by atoms with Gasteiger partial charge in [0.05, 0.1) is 23.9 Å². The fourth-order valence-corrected chi connectivity index (χ4v) is 2.03. The van der Waals surface area contributed by atoms with E-state index in [9.17, 15) is 0 Å². The fourth-order valence-electron chi connectivity index (χ4n) is 1.70. The monoisotopic (exact) mass is 252 g/mol. The molecule has 1 aromatic carbocycles. The lowest BCUT2D eigenvalue weighted by atomic mass is 10.0. The van der Waals surface area contributed by atoms with Crippen molar-refractivity contribution in [2.24, 2.45) is 0 Å². The molecule has 1 heterocycles. The van der Waals surface area contributed by atoms with Gasteiger partial charge in [-0.3, -0.25) is 0 Å². The lowest BCUT2D eigenvalue weighted by Gasteiger charge is -2.13. The van der Waals surface area contributed by atoms with E-state index in [0.29, 0.717) is 16.3 Å². The Morgan fingerprint density at radius 2 is 2.06 bits per heavy atom. The maximum Gasteiger partial charge on any atom is 0.230 e. The number of hydrogen-bond acceptors (Lipinski definition) is 4. The highest BCUT2D eigenvalue weighted by atomic mass is 35.5. The van der Waals surface area contributed by atoms with Crippen molar-refractivity contribution in [1.82, 2.24) is 5.16 Å². The van der Waals surface area contributed by atoms with E-state index in [1.807, 2.05) is 19.9 Å². The number of halogens is 1. The summed E-state index contributed by atoms with van der Waals surface area (Å²) in [6.07, 6.45) is 1.55. The number of nitrogens with zero attached hydrogens (tertiary/aromatic N) is 1. The number of hydrogen-bond donors (Lipinski definition) is 1. The molecule has 0 fully saturated rings. The Hall–Kier alpha value is -1.68. The van der Waals surface area contributed by atoms with Gasteiger partial charge in [0.1, 0.15) is 5.75 Å². The molecule has 1 aromatic heterocycles. The zero-order chi connectivity index (χ0) is 12.6. The van der Waals surface area contributed by atoms with Crippen molar-refractivity contribution in [2.45, 2.75) is 13.8 Å². The Labute approximate surface area is 104 Å². The third-order valence-corrected chi connectivity index (χ3v) is 3.27. The van der Waals surface area contributed by atoms with Crippen LogP contribution in [-0.4, -0.2) is 12.3 Å². The molecule has 0 saturated heterocycles. The van der Waals surface area contributed by atoms with Crippen LogP contribution in [0.4, 0.5) is 5.88 Å². The quantitative estimate of drug-likeness (QED) is 0.892. The predicted octanol–water partition coefficient (Wildman–Crippen LogP) is 3.20. The van der Waals surface area contributed by atoms with Gasteiger partial charge in [0.15, 0.2) is 0 Å². The summed E-state index contributed by atoms with van der Waals surface area (Å²) in [7, 11) is 1.57. The number of nitrogens with two attached hydrogens (primary N) is 1. The Kier molecular flexibility index (Phi) is 2.98. The van der Waals surface area contributed by atoms with E-state index >= 15 is 0 Å². The number of anilines is 1. The second-order valence-corrected chi connectivity index (χ2v) is 4.19. The molecular weight excluding hydrogens is 240 g/mol. The molecular formula is C12H13ClN2O2. The smallest absolute Gasteiger partial charge is 0.230 e. The summed E-state index contributed by atoms with van der Waals surface area (Å²) in [4.78, 5) is 0. The van der Waals surface area contributed by atoms with Crippen LogP contribution >= 0.6 is 11.6 Å². The lowest BCUT2D eigenvalue weighted by molar-refractivity contribution is 0.416. The summed E-state index contributed by atoms with van der Waals surface area (Å²) in [6, 6.07) is 1.96. The molecule has 0 bridgehead atoms. The maximum atomic E-state index is 6.26. The Morgan fingerprint density at radius 3 is 2.59 bits per heavy atom. The van der Waals surface area contributed by atoms with Gasteiger partial charge < -0.3 is 15.0 Å². The molecule has 4 nitrogen and oxygen atoms in total. The van der Waals surface area contributed by atoms with Gasteiger partial charge in [-0.25, -0.2) is 0 Å². The van der Waals surface area contributed by atoms with Crippen LogP contribution in [-0.2, 0) is 0 Å². The van der Waals surface area contributed by atoms with Crippen LogP contribution in [0.5, 0.6) is 5.75 Å². The number of methoxy groups -OCH3 is 1. The van der Waals surface area contributed by atoms with E-state index in [1.165, 1.54) is 0 Å². The summed E-state index contributed by atoms with van der Waals surface area (Å²) in [5.41, 5.74) is 9.23. The van der Waals surface area contributed by atoms with Crippen molar-refractivity contribution in [3.05, 3.63) is 28.4 Å². The number of rotatable bonds is 2. The first-order valence-corrected chi connectivity index (χ1v) is 5.48. The molecule has 0 aliphatic carbocycles. The first-order valence-electron chi connectivity index (χ1n) is 5.10. The van der Waals surface area contributed by atoms with Crippen LogP contribution in [0.1, 0.15) is 11.1 Å². The highest BCUT2D eigenvalue weighted by Crippen LogP contribution is 2.41. The second kappa shape index (κ2) is 4.30. The highest BCUT2D eigenvalue weighted by Gasteiger charge is 2.18. The van der Waals surface area contributed by atoms with E-state index in [-0.39, 0.29) is 5.88 Å². The fraction of sp³-hybridized carbons (Fsp3) is 0.250. The Balaban J connectivity index is 2.74. The Morgan fingerprint density at radius 1 is 1.35 bits per heavy atom. The summed E-state index contributed by atoms with van der Waals surface area (Å²) in [6.45, 7) is 3.93. The largest absolute Gasteiger partial charge is 0.495 e. The number of aryl methyl sites for hydroxylation is 1. The normalized spacial score (nSPS) is 10.6. The molecule has 0 spiro atoms. The summed E-state index contributed by atoms with van der Waals surface area (Å²) in [5.74, 6) is 0.840. The minimum Gasteiger partial charge on any atom is -0.495 e. The Bertz CT molecular complexity index is 564.